The monoisotopic (exact) mass is 366 g/mol. The van der Waals surface area contributed by atoms with Crippen LogP contribution in [0.4, 0.5) is 11.4 Å². The molecule has 0 spiro atoms. The van der Waals surface area contributed by atoms with E-state index >= 15 is 0 Å². The van der Waals surface area contributed by atoms with Crippen LogP contribution in [0.25, 0.3) is 0 Å². The zero-order valence-electron chi connectivity index (χ0n) is 15.7. The molecule has 0 amide bonds. The number of aromatic nitrogens is 2. The first-order chi connectivity index (χ1) is 13.2. The number of benzene rings is 1. The molecule has 0 radical (unpaired) electrons. The number of rotatable bonds is 6. The quantitative estimate of drug-likeness (QED) is 0.728. The van der Waals surface area contributed by atoms with Crippen LogP contribution in [-0.4, -0.2) is 54.1 Å². The van der Waals surface area contributed by atoms with Crippen LogP contribution in [0.15, 0.2) is 41.3 Å². The number of nitrogens with one attached hydrogen (secondary N) is 1. The zero-order valence-corrected chi connectivity index (χ0v) is 15.7. The molecule has 0 bridgehead atoms. The first kappa shape index (κ1) is 19.0. The average Bonchev–Trinajstić information content (AvgIpc) is 2.70. The van der Waals surface area contributed by atoms with Crippen molar-refractivity contribution >= 4 is 11.4 Å². The van der Waals surface area contributed by atoms with Crippen LogP contribution in [-0.2, 0) is 6.54 Å². The van der Waals surface area contributed by atoms with E-state index in [0.29, 0.717) is 31.1 Å². The van der Waals surface area contributed by atoms with Crippen molar-refractivity contribution in [3.8, 4) is 11.8 Å². The molecule has 0 saturated carbocycles. The minimum Gasteiger partial charge on any atom is -0.396 e. The van der Waals surface area contributed by atoms with Gasteiger partial charge in [-0.1, -0.05) is 36.3 Å². The van der Waals surface area contributed by atoms with E-state index < -0.39 is 0 Å². The second-order valence-corrected chi connectivity index (χ2v) is 6.53. The van der Waals surface area contributed by atoms with E-state index in [-0.39, 0.29) is 5.56 Å². The fraction of sp³-hybridized carbons (Fsp3) is 0.400. The normalized spacial score (nSPS) is 14.4. The van der Waals surface area contributed by atoms with Crippen LogP contribution in [0, 0.1) is 11.8 Å². The highest BCUT2D eigenvalue weighted by Crippen LogP contribution is 2.17. The van der Waals surface area contributed by atoms with Gasteiger partial charge in [0.15, 0.2) is 0 Å². The summed E-state index contributed by atoms with van der Waals surface area (Å²) in [6, 6.07) is 9.81. The van der Waals surface area contributed by atoms with Crippen molar-refractivity contribution in [1.82, 2.24) is 20.0 Å². The summed E-state index contributed by atoms with van der Waals surface area (Å²) in [6.45, 7) is 7.02. The van der Waals surface area contributed by atoms with Crippen molar-refractivity contribution in [2.24, 2.45) is 0 Å². The van der Waals surface area contributed by atoms with Gasteiger partial charge in [0.1, 0.15) is 5.69 Å². The van der Waals surface area contributed by atoms with Crippen LogP contribution >= 0.6 is 0 Å². The maximum Gasteiger partial charge on any atom is 0.292 e. The number of nitrogens with zero attached hydrogens (tertiary/aromatic N) is 4. The fourth-order valence-electron chi connectivity index (χ4n) is 3.15. The summed E-state index contributed by atoms with van der Waals surface area (Å²) >= 11 is 0. The van der Waals surface area contributed by atoms with E-state index in [2.05, 4.69) is 27.2 Å². The molecule has 2 heterocycles. The molecule has 0 unspecified atom stereocenters. The number of nitrogen functional groups attached to an aromatic ring is 1. The lowest BCUT2D eigenvalue weighted by Gasteiger charge is -2.33. The predicted octanol–water partition coefficient (Wildman–Crippen LogP) is 0.566. The third kappa shape index (κ3) is 4.88. The standard InChI is InChI=1S/C20H26N6O/c1-2-3-11-25(16-24-12-9-22-10-13-24)19-18(21)14-23-26(20(19)27)15-17-7-5-4-6-8-17/h4-8,14,22H,9-13,15-16,21H2,1H3. The smallest absolute Gasteiger partial charge is 0.292 e. The van der Waals surface area contributed by atoms with E-state index in [4.69, 9.17) is 5.73 Å². The Labute approximate surface area is 159 Å². The van der Waals surface area contributed by atoms with Gasteiger partial charge in [0.2, 0.25) is 0 Å². The molecule has 3 rings (SSSR count). The van der Waals surface area contributed by atoms with Crippen LogP contribution in [0.5, 0.6) is 0 Å². The Hall–Kier alpha value is -2.82. The number of nitrogens with two attached hydrogens (primary N) is 1. The van der Waals surface area contributed by atoms with Gasteiger partial charge < -0.3 is 16.0 Å². The lowest BCUT2D eigenvalue weighted by molar-refractivity contribution is 0.242. The lowest BCUT2D eigenvalue weighted by atomic mass is 10.2. The van der Waals surface area contributed by atoms with Crippen molar-refractivity contribution in [3.63, 3.8) is 0 Å². The van der Waals surface area contributed by atoms with Gasteiger partial charge in [-0.25, -0.2) is 4.68 Å². The summed E-state index contributed by atoms with van der Waals surface area (Å²) in [5.41, 5.74) is 7.86. The van der Waals surface area contributed by atoms with Crippen LogP contribution in [0.2, 0.25) is 0 Å². The van der Waals surface area contributed by atoms with Gasteiger partial charge in [0.05, 0.1) is 31.6 Å². The average molecular weight is 366 g/mol. The highest BCUT2D eigenvalue weighted by molar-refractivity contribution is 5.65. The van der Waals surface area contributed by atoms with E-state index in [1.807, 2.05) is 35.2 Å². The molecular weight excluding hydrogens is 340 g/mol. The van der Waals surface area contributed by atoms with Crippen LogP contribution in [0.1, 0.15) is 12.5 Å². The molecule has 27 heavy (non-hydrogen) atoms. The lowest BCUT2D eigenvalue weighted by Crippen LogP contribution is -2.49. The molecule has 1 aromatic carbocycles. The first-order valence-corrected chi connectivity index (χ1v) is 9.16. The largest absolute Gasteiger partial charge is 0.396 e. The Balaban J connectivity index is 1.90. The molecule has 1 fully saturated rings. The summed E-state index contributed by atoms with van der Waals surface area (Å²) in [6.07, 6.45) is 1.56. The van der Waals surface area contributed by atoms with Gasteiger partial charge in [0.25, 0.3) is 5.56 Å². The molecule has 2 aromatic rings. The number of anilines is 2. The zero-order chi connectivity index (χ0) is 19.1. The van der Waals surface area contributed by atoms with Crippen molar-refractivity contribution in [1.29, 1.82) is 0 Å². The third-order valence-corrected chi connectivity index (χ3v) is 4.57. The number of piperazine rings is 1. The highest BCUT2D eigenvalue weighted by atomic mass is 16.1. The van der Waals surface area contributed by atoms with Gasteiger partial charge in [0, 0.05) is 26.2 Å². The molecule has 7 nitrogen and oxygen atoms in total. The topological polar surface area (TPSA) is 79.4 Å². The summed E-state index contributed by atoms with van der Waals surface area (Å²) in [7, 11) is 0. The summed E-state index contributed by atoms with van der Waals surface area (Å²) < 4.78 is 1.46. The fourth-order valence-corrected chi connectivity index (χ4v) is 3.15. The Morgan fingerprint density at radius 3 is 2.70 bits per heavy atom. The summed E-state index contributed by atoms with van der Waals surface area (Å²) in [5, 5.41) is 7.58. The molecule has 1 saturated heterocycles. The van der Waals surface area contributed by atoms with E-state index in [9.17, 15) is 4.79 Å². The number of hydrogen-bond donors (Lipinski definition) is 2. The van der Waals surface area contributed by atoms with Gasteiger partial charge >= 0.3 is 0 Å². The maximum atomic E-state index is 13.1. The Morgan fingerprint density at radius 2 is 2.00 bits per heavy atom. The van der Waals surface area contributed by atoms with E-state index in [0.717, 1.165) is 31.7 Å². The minimum absolute atomic E-state index is 0.188. The maximum absolute atomic E-state index is 13.1. The highest BCUT2D eigenvalue weighted by Gasteiger charge is 2.20. The minimum atomic E-state index is -0.188. The molecule has 7 heteroatoms. The molecular formula is C20H26N6O. The van der Waals surface area contributed by atoms with Crippen LogP contribution in [0.3, 0.4) is 0 Å². The molecule has 3 N–H and O–H groups in total. The second-order valence-electron chi connectivity index (χ2n) is 6.53. The first-order valence-electron chi connectivity index (χ1n) is 9.16. The van der Waals surface area contributed by atoms with Gasteiger partial charge in [-0.15, -0.1) is 5.92 Å². The summed E-state index contributed by atoms with van der Waals surface area (Å²) in [4.78, 5) is 17.4. The Kier molecular flexibility index (Phi) is 6.47. The van der Waals surface area contributed by atoms with E-state index in [1.54, 1.807) is 13.1 Å². The van der Waals surface area contributed by atoms with Gasteiger partial charge in [-0.3, -0.25) is 9.69 Å². The molecule has 1 aliphatic heterocycles. The van der Waals surface area contributed by atoms with Crippen LogP contribution < -0.4 is 21.5 Å². The van der Waals surface area contributed by atoms with Crippen molar-refractivity contribution in [2.45, 2.75) is 13.5 Å². The number of hydrogen-bond acceptors (Lipinski definition) is 6. The SMILES string of the molecule is CC#CCN(CN1CCNCC1)c1c(N)cnn(Cc2ccccc2)c1=O. The van der Waals surface area contributed by atoms with Gasteiger partial charge in [-0.2, -0.15) is 5.10 Å². The van der Waals surface area contributed by atoms with Crippen molar-refractivity contribution in [2.75, 3.05) is 50.0 Å². The molecule has 0 aliphatic carbocycles. The van der Waals surface area contributed by atoms with Crippen molar-refractivity contribution in [3.05, 3.63) is 52.4 Å². The van der Waals surface area contributed by atoms with Crippen molar-refractivity contribution < 1.29 is 0 Å². The van der Waals surface area contributed by atoms with Gasteiger partial charge in [-0.05, 0) is 12.5 Å². The van der Waals surface area contributed by atoms with E-state index in [1.165, 1.54) is 4.68 Å². The molecule has 0 atom stereocenters. The second kappa shape index (κ2) is 9.21. The Morgan fingerprint density at radius 1 is 1.26 bits per heavy atom. The molecule has 142 valence electrons. The molecule has 1 aliphatic rings. The predicted molar refractivity (Wildman–Crippen MR) is 109 cm³/mol. The Bertz CT molecular complexity index is 862. The third-order valence-electron chi connectivity index (χ3n) is 4.57. The molecule has 1 aromatic heterocycles. The summed E-state index contributed by atoms with van der Waals surface area (Å²) in [5.74, 6) is 5.98.